The first-order chi connectivity index (χ1) is 14.5. The minimum atomic E-state index is -0.344. The molecule has 3 aliphatic heterocycles. The maximum atomic E-state index is 13.1. The van der Waals surface area contributed by atoms with Gasteiger partial charge in [-0.25, -0.2) is 10.1 Å². The molecule has 1 saturated heterocycles. The summed E-state index contributed by atoms with van der Waals surface area (Å²) in [6.45, 7) is 6.97. The molecule has 1 atom stereocenters. The van der Waals surface area contributed by atoms with Gasteiger partial charge < -0.3 is 15.0 Å². The number of carbonyl (C=O) groups excluding carboxylic acids is 1. The van der Waals surface area contributed by atoms with Gasteiger partial charge in [0.2, 0.25) is 0 Å². The zero-order valence-corrected chi connectivity index (χ0v) is 17.4. The molecule has 1 aromatic carbocycles. The fraction of sp³-hybridized carbons (Fsp3) is 0.391. The Bertz CT molecular complexity index is 1010. The van der Waals surface area contributed by atoms with Crippen molar-refractivity contribution in [2.24, 2.45) is 4.99 Å². The smallest absolute Gasteiger partial charge is 0.255 e. The third kappa shape index (κ3) is 3.19. The van der Waals surface area contributed by atoms with Crippen molar-refractivity contribution >= 4 is 11.7 Å². The zero-order chi connectivity index (χ0) is 20.9. The van der Waals surface area contributed by atoms with Gasteiger partial charge in [-0.05, 0) is 31.9 Å². The molecule has 30 heavy (non-hydrogen) atoms. The number of hydrogen-bond donors (Lipinski definition) is 1. The molecule has 2 fully saturated rings. The predicted molar refractivity (Wildman–Crippen MR) is 113 cm³/mol. The maximum absolute atomic E-state index is 13.1. The minimum absolute atomic E-state index is 0.0142. The quantitative estimate of drug-likeness (QED) is 0.777. The van der Waals surface area contributed by atoms with Crippen molar-refractivity contribution in [1.82, 2.24) is 15.3 Å². The van der Waals surface area contributed by atoms with E-state index in [-0.39, 0.29) is 17.5 Å². The number of aliphatic imine (C=N–C) groups is 1. The molecule has 1 unspecified atom stereocenters. The molecule has 1 saturated carbocycles. The van der Waals surface area contributed by atoms with Gasteiger partial charge in [0, 0.05) is 25.2 Å². The molecular weight excluding hydrogens is 380 g/mol. The number of nitrogens with zero attached hydrogens (tertiary/aromatic N) is 3. The molecule has 2 bridgehead atoms. The molecule has 1 spiro atoms. The van der Waals surface area contributed by atoms with Crippen molar-refractivity contribution in [3.05, 3.63) is 65.7 Å². The highest BCUT2D eigenvalue weighted by molar-refractivity contribution is 5.99. The third-order valence-corrected chi connectivity index (χ3v) is 6.08. The largest absolute Gasteiger partial charge is 0.491 e. The third-order valence-electron chi connectivity index (χ3n) is 6.08. The van der Waals surface area contributed by atoms with Crippen molar-refractivity contribution in [2.45, 2.75) is 37.8 Å². The van der Waals surface area contributed by atoms with Crippen LogP contribution in [0.1, 0.15) is 36.4 Å². The summed E-state index contributed by atoms with van der Waals surface area (Å²) in [4.78, 5) is 25.7. The van der Waals surface area contributed by atoms with Crippen LogP contribution in [-0.4, -0.2) is 47.5 Å². The SMILES string of the molecule is C=C/C1=C2/N=C(C=CN2C)N2OCCC2c2cc(C)ccc2OCC2(CC2)NC1=O. The highest BCUT2D eigenvalue weighted by Gasteiger charge is 2.46. The predicted octanol–water partition coefficient (Wildman–Crippen LogP) is 2.97. The lowest BCUT2D eigenvalue weighted by molar-refractivity contribution is -0.118. The number of amides is 1. The van der Waals surface area contributed by atoms with Crippen molar-refractivity contribution in [3.63, 3.8) is 0 Å². The molecule has 5 rings (SSSR count). The van der Waals surface area contributed by atoms with Gasteiger partial charge in [-0.1, -0.05) is 30.4 Å². The molecule has 4 aliphatic rings. The highest BCUT2D eigenvalue weighted by atomic mass is 16.7. The van der Waals surface area contributed by atoms with E-state index in [2.05, 4.69) is 31.0 Å². The molecule has 1 aliphatic carbocycles. The summed E-state index contributed by atoms with van der Waals surface area (Å²) in [6.07, 6.45) is 7.98. The Labute approximate surface area is 176 Å². The van der Waals surface area contributed by atoms with Crippen molar-refractivity contribution < 1.29 is 14.4 Å². The Morgan fingerprint density at radius 2 is 2.20 bits per heavy atom. The monoisotopic (exact) mass is 406 g/mol. The summed E-state index contributed by atoms with van der Waals surface area (Å²) in [6, 6.07) is 6.21. The number of benzene rings is 1. The number of fused-ring (bicyclic) bond motifs is 5. The van der Waals surface area contributed by atoms with Crippen LogP contribution in [0.2, 0.25) is 0 Å². The summed E-state index contributed by atoms with van der Waals surface area (Å²) in [7, 11) is 1.87. The molecular formula is C23H26N4O3. The summed E-state index contributed by atoms with van der Waals surface area (Å²) >= 11 is 0. The first-order valence-electron chi connectivity index (χ1n) is 10.3. The molecule has 1 N–H and O–H groups in total. The van der Waals surface area contributed by atoms with E-state index in [1.807, 2.05) is 35.4 Å². The van der Waals surface area contributed by atoms with Crippen LogP contribution in [0.25, 0.3) is 0 Å². The maximum Gasteiger partial charge on any atom is 0.255 e. The fourth-order valence-electron chi connectivity index (χ4n) is 4.15. The van der Waals surface area contributed by atoms with Gasteiger partial charge in [0.05, 0.1) is 23.8 Å². The Kier molecular flexibility index (Phi) is 4.43. The summed E-state index contributed by atoms with van der Waals surface area (Å²) in [5.74, 6) is 1.85. The van der Waals surface area contributed by atoms with Gasteiger partial charge in [0.25, 0.3) is 5.91 Å². The first-order valence-corrected chi connectivity index (χ1v) is 10.3. The van der Waals surface area contributed by atoms with Crippen LogP contribution >= 0.6 is 0 Å². The van der Waals surface area contributed by atoms with Crippen molar-refractivity contribution in [2.75, 3.05) is 20.3 Å². The second-order valence-electron chi connectivity index (χ2n) is 8.37. The lowest BCUT2D eigenvalue weighted by Crippen LogP contribution is -2.42. The van der Waals surface area contributed by atoms with Crippen LogP contribution in [0.4, 0.5) is 0 Å². The van der Waals surface area contributed by atoms with E-state index in [9.17, 15) is 4.79 Å². The summed E-state index contributed by atoms with van der Waals surface area (Å²) < 4.78 is 6.28. The van der Waals surface area contributed by atoms with Gasteiger partial charge >= 0.3 is 0 Å². The second-order valence-corrected chi connectivity index (χ2v) is 8.37. The Morgan fingerprint density at radius 1 is 1.37 bits per heavy atom. The topological polar surface area (TPSA) is 66.4 Å². The van der Waals surface area contributed by atoms with Gasteiger partial charge in [0.1, 0.15) is 18.2 Å². The number of amidine groups is 1. The number of nitrogens with one attached hydrogen (secondary N) is 1. The summed E-state index contributed by atoms with van der Waals surface area (Å²) in [5, 5.41) is 5.01. The molecule has 7 nitrogen and oxygen atoms in total. The molecule has 7 heteroatoms. The number of carbonyl (C=O) groups is 1. The number of hydrogen-bond acceptors (Lipinski definition) is 6. The van der Waals surface area contributed by atoms with Gasteiger partial charge in [-0.2, -0.15) is 0 Å². The first kappa shape index (κ1) is 18.9. The standard InChI is InChI=1S/C23H26N4O3/c1-4-16-21-24-20(7-11-26(21)3)27-18(8-12-30-27)17-13-15(2)5-6-19(17)29-14-23(9-10-23)25-22(16)28/h4-7,11,13,18H,1,8-10,12,14H2,2-3H3,(H,25,28)/b21-16+. The molecule has 0 aromatic heterocycles. The Morgan fingerprint density at radius 3 is 2.97 bits per heavy atom. The van der Waals surface area contributed by atoms with Gasteiger partial charge in [0.15, 0.2) is 5.84 Å². The van der Waals surface area contributed by atoms with E-state index in [0.717, 1.165) is 30.6 Å². The van der Waals surface area contributed by atoms with Crippen LogP contribution in [0.3, 0.4) is 0 Å². The summed E-state index contributed by atoms with van der Waals surface area (Å²) in [5.41, 5.74) is 2.34. The number of aryl methyl sites for hydroxylation is 1. The van der Waals surface area contributed by atoms with E-state index in [1.165, 1.54) is 5.56 Å². The van der Waals surface area contributed by atoms with Crippen molar-refractivity contribution in [1.29, 1.82) is 0 Å². The molecule has 156 valence electrons. The van der Waals surface area contributed by atoms with E-state index in [1.54, 1.807) is 6.08 Å². The van der Waals surface area contributed by atoms with Gasteiger partial charge in [-0.15, -0.1) is 0 Å². The Balaban J connectivity index is 1.66. The molecule has 0 radical (unpaired) electrons. The van der Waals surface area contributed by atoms with Crippen LogP contribution < -0.4 is 10.1 Å². The molecule has 1 amide bonds. The lowest BCUT2D eigenvalue weighted by Gasteiger charge is -2.29. The van der Waals surface area contributed by atoms with Gasteiger partial charge in [-0.3, -0.25) is 9.63 Å². The normalized spacial score (nSPS) is 27.1. The van der Waals surface area contributed by atoms with Crippen molar-refractivity contribution in [3.8, 4) is 5.75 Å². The molecule has 1 aromatic rings. The second kappa shape index (κ2) is 7.02. The number of hydroxylamine groups is 2. The van der Waals surface area contributed by atoms with E-state index < -0.39 is 0 Å². The lowest BCUT2D eigenvalue weighted by atomic mass is 10.0. The van der Waals surface area contributed by atoms with Crippen LogP contribution in [-0.2, 0) is 9.63 Å². The fourth-order valence-corrected chi connectivity index (χ4v) is 4.15. The minimum Gasteiger partial charge on any atom is -0.491 e. The van der Waals surface area contributed by atoms with Crippen LogP contribution in [0.5, 0.6) is 5.75 Å². The number of ether oxygens (including phenoxy) is 1. The zero-order valence-electron chi connectivity index (χ0n) is 17.4. The van der Waals surface area contributed by atoms with Crippen LogP contribution in [0.15, 0.2) is 59.5 Å². The average molecular weight is 406 g/mol. The Hall–Kier alpha value is -3.06. The van der Waals surface area contributed by atoms with E-state index in [0.29, 0.717) is 30.4 Å². The van der Waals surface area contributed by atoms with E-state index in [4.69, 9.17) is 14.6 Å². The number of rotatable bonds is 1. The highest BCUT2D eigenvalue weighted by Crippen LogP contribution is 2.41. The van der Waals surface area contributed by atoms with Crippen LogP contribution in [0, 0.1) is 6.92 Å². The molecule has 3 heterocycles. The van der Waals surface area contributed by atoms with E-state index >= 15 is 0 Å². The average Bonchev–Trinajstić information content (AvgIpc) is 3.31.